The van der Waals surface area contributed by atoms with E-state index in [-0.39, 0.29) is 5.69 Å². The van der Waals surface area contributed by atoms with Crippen LogP contribution in [0.15, 0.2) is 18.2 Å². The summed E-state index contributed by atoms with van der Waals surface area (Å²) in [4.78, 5) is 21.1. The summed E-state index contributed by atoms with van der Waals surface area (Å²) in [5.41, 5.74) is 0.697. The number of benzene rings is 1. The number of rotatable bonds is 6. The van der Waals surface area contributed by atoms with Gasteiger partial charge in [0.05, 0.1) is 4.92 Å². The zero-order chi connectivity index (χ0) is 13.7. The fraction of sp³-hybridized carbons (Fsp3) is 0.462. The Hall–Kier alpha value is -1.95. The Balaban J connectivity index is 1.98. The number of hydrogen-bond acceptors (Lipinski definition) is 5. The maximum absolute atomic E-state index is 10.9. The van der Waals surface area contributed by atoms with Crippen molar-refractivity contribution in [3.05, 3.63) is 33.9 Å². The van der Waals surface area contributed by atoms with Gasteiger partial charge < -0.3 is 10.1 Å². The number of hydrogen-bond donors (Lipinski definition) is 1. The Morgan fingerprint density at radius 2 is 2.37 bits per heavy atom. The topological polar surface area (TPSA) is 81.5 Å². The van der Waals surface area contributed by atoms with E-state index < -0.39 is 4.92 Å². The first-order chi connectivity index (χ1) is 9.20. The fourth-order valence-corrected chi connectivity index (χ4v) is 2.14. The average Bonchev–Trinajstić information content (AvgIpc) is 2.92. The molecule has 19 heavy (non-hydrogen) atoms. The molecule has 1 aliphatic rings. The van der Waals surface area contributed by atoms with Crippen molar-refractivity contribution in [1.29, 1.82) is 0 Å². The Bertz CT molecular complexity index is 470. The van der Waals surface area contributed by atoms with E-state index in [0.29, 0.717) is 30.0 Å². The fourth-order valence-electron chi connectivity index (χ4n) is 2.14. The normalized spacial score (nSPS) is 18.2. The largest absolute Gasteiger partial charge is 0.381 e. The molecule has 0 amide bonds. The first-order valence-electron chi connectivity index (χ1n) is 6.26. The van der Waals surface area contributed by atoms with Crippen LogP contribution in [0.2, 0.25) is 0 Å². The quantitative estimate of drug-likeness (QED) is 0.484. The van der Waals surface area contributed by atoms with Crippen molar-refractivity contribution >= 4 is 17.7 Å². The minimum absolute atomic E-state index is 0.0627. The van der Waals surface area contributed by atoms with Crippen LogP contribution in [-0.2, 0) is 4.74 Å². The number of nitrogens with zero attached hydrogens (tertiary/aromatic N) is 1. The van der Waals surface area contributed by atoms with E-state index in [1.807, 2.05) is 0 Å². The van der Waals surface area contributed by atoms with E-state index >= 15 is 0 Å². The molecule has 1 atom stereocenters. The molecule has 1 aromatic rings. The highest BCUT2D eigenvalue weighted by Crippen LogP contribution is 2.25. The van der Waals surface area contributed by atoms with Crippen molar-refractivity contribution in [3.63, 3.8) is 0 Å². The Labute approximate surface area is 110 Å². The number of ether oxygens (including phenoxy) is 1. The average molecular weight is 264 g/mol. The molecule has 0 spiro atoms. The summed E-state index contributed by atoms with van der Waals surface area (Å²) in [5, 5.41) is 14.0. The highest BCUT2D eigenvalue weighted by Gasteiger charge is 2.17. The molecule has 0 saturated carbocycles. The molecule has 6 nitrogen and oxygen atoms in total. The van der Waals surface area contributed by atoms with Crippen LogP contribution in [0, 0.1) is 16.0 Å². The van der Waals surface area contributed by atoms with Gasteiger partial charge in [0.2, 0.25) is 0 Å². The maximum atomic E-state index is 10.9. The number of aldehydes is 1. The van der Waals surface area contributed by atoms with Crippen LogP contribution in [-0.4, -0.2) is 31.0 Å². The zero-order valence-electron chi connectivity index (χ0n) is 10.5. The van der Waals surface area contributed by atoms with Crippen LogP contribution >= 0.6 is 0 Å². The summed E-state index contributed by atoms with van der Waals surface area (Å²) in [5.74, 6) is 0.529. The molecule has 1 aromatic carbocycles. The van der Waals surface area contributed by atoms with Crippen molar-refractivity contribution in [1.82, 2.24) is 0 Å². The van der Waals surface area contributed by atoms with Crippen LogP contribution in [0.4, 0.5) is 11.4 Å². The van der Waals surface area contributed by atoms with Crippen molar-refractivity contribution < 1.29 is 14.5 Å². The molecule has 0 aliphatic carbocycles. The first-order valence-corrected chi connectivity index (χ1v) is 6.26. The van der Waals surface area contributed by atoms with Gasteiger partial charge >= 0.3 is 0 Å². The third kappa shape index (κ3) is 3.51. The van der Waals surface area contributed by atoms with Crippen molar-refractivity contribution in [2.45, 2.75) is 12.8 Å². The lowest BCUT2D eigenvalue weighted by atomic mass is 10.1. The van der Waals surface area contributed by atoms with Crippen LogP contribution in [0.5, 0.6) is 0 Å². The van der Waals surface area contributed by atoms with Crippen LogP contribution in [0.25, 0.3) is 0 Å². The van der Waals surface area contributed by atoms with Crippen molar-refractivity contribution in [2.75, 3.05) is 25.1 Å². The Morgan fingerprint density at radius 3 is 3.00 bits per heavy atom. The molecule has 1 aliphatic heterocycles. The van der Waals surface area contributed by atoms with Gasteiger partial charge in [0.15, 0.2) is 0 Å². The lowest BCUT2D eigenvalue weighted by Gasteiger charge is -2.10. The van der Waals surface area contributed by atoms with Gasteiger partial charge in [-0.2, -0.15) is 0 Å². The summed E-state index contributed by atoms with van der Waals surface area (Å²) in [6.45, 7) is 2.24. The minimum atomic E-state index is -0.478. The zero-order valence-corrected chi connectivity index (χ0v) is 10.5. The third-order valence-corrected chi connectivity index (χ3v) is 3.25. The summed E-state index contributed by atoms with van der Waals surface area (Å²) in [7, 11) is 0. The second-order valence-corrected chi connectivity index (χ2v) is 4.60. The van der Waals surface area contributed by atoms with E-state index in [1.165, 1.54) is 6.07 Å². The van der Waals surface area contributed by atoms with E-state index in [2.05, 4.69) is 5.32 Å². The van der Waals surface area contributed by atoms with Gasteiger partial charge in [0.25, 0.3) is 5.69 Å². The van der Waals surface area contributed by atoms with Crippen molar-refractivity contribution in [2.24, 2.45) is 5.92 Å². The Morgan fingerprint density at radius 1 is 1.53 bits per heavy atom. The molecule has 2 rings (SSSR count). The smallest absolute Gasteiger partial charge is 0.293 e. The lowest BCUT2D eigenvalue weighted by Crippen LogP contribution is -2.10. The van der Waals surface area contributed by atoms with Crippen LogP contribution in [0.1, 0.15) is 23.2 Å². The predicted molar refractivity (Wildman–Crippen MR) is 70.5 cm³/mol. The third-order valence-electron chi connectivity index (χ3n) is 3.25. The van der Waals surface area contributed by atoms with Crippen LogP contribution < -0.4 is 5.32 Å². The molecule has 6 heteroatoms. The molecule has 1 unspecified atom stereocenters. The van der Waals surface area contributed by atoms with Crippen molar-refractivity contribution in [3.8, 4) is 0 Å². The highest BCUT2D eigenvalue weighted by atomic mass is 16.6. The van der Waals surface area contributed by atoms with E-state index in [1.54, 1.807) is 12.1 Å². The van der Waals surface area contributed by atoms with Gasteiger partial charge in [-0.15, -0.1) is 0 Å². The molecule has 0 aromatic heterocycles. The van der Waals surface area contributed by atoms with E-state index in [0.717, 1.165) is 26.1 Å². The van der Waals surface area contributed by atoms with Gasteiger partial charge in [-0.05, 0) is 30.9 Å². The summed E-state index contributed by atoms with van der Waals surface area (Å²) in [6, 6.07) is 4.43. The monoisotopic (exact) mass is 264 g/mol. The lowest BCUT2D eigenvalue weighted by molar-refractivity contribution is -0.384. The summed E-state index contributed by atoms with van der Waals surface area (Å²) in [6.07, 6.45) is 2.58. The van der Waals surface area contributed by atoms with Gasteiger partial charge in [-0.25, -0.2) is 0 Å². The second kappa shape index (κ2) is 6.29. The second-order valence-electron chi connectivity index (χ2n) is 4.60. The number of carbonyl (C=O) groups is 1. The molecule has 1 heterocycles. The number of nitro groups is 1. The van der Waals surface area contributed by atoms with Gasteiger partial charge in [-0.3, -0.25) is 14.9 Å². The predicted octanol–water partition coefficient (Wildman–Crippen LogP) is 2.25. The molecule has 0 bridgehead atoms. The molecule has 1 fully saturated rings. The number of nitro benzene ring substituents is 1. The first kappa shape index (κ1) is 13.5. The SMILES string of the molecule is O=Cc1ccc(NCCC2CCOC2)c([N+](=O)[O-])c1. The number of nitrogens with one attached hydrogen (secondary N) is 1. The summed E-state index contributed by atoms with van der Waals surface area (Å²) >= 11 is 0. The molecular weight excluding hydrogens is 248 g/mol. The van der Waals surface area contributed by atoms with Gasteiger partial charge in [0, 0.05) is 31.4 Å². The van der Waals surface area contributed by atoms with E-state index in [4.69, 9.17) is 4.74 Å². The number of carbonyl (C=O) groups excluding carboxylic acids is 1. The van der Waals surface area contributed by atoms with E-state index in [9.17, 15) is 14.9 Å². The van der Waals surface area contributed by atoms with Gasteiger partial charge in [-0.1, -0.05) is 0 Å². The Kier molecular flexibility index (Phi) is 4.46. The molecule has 102 valence electrons. The molecule has 1 saturated heterocycles. The molecular formula is C13H16N2O4. The molecule has 0 radical (unpaired) electrons. The van der Waals surface area contributed by atoms with Crippen LogP contribution in [0.3, 0.4) is 0 Å². The highest BCUT2D eigenvalue weighted by molar-refractivity contribution is 5.79. The van der Waals surface area contributed by atoms with Gasteiger partial charge in [0.1, 0.15) is 12.0 Å². The number of anilines is 1. The molecule has 1 N–H and O–H groups in total. The maximum Gasteiger partial charge on any atom is 0.293 e. The minimum Gasteiger partial charge on any atom is -0.381 e. The standard InChI is InChI=1S/C13H16N2O4/c16-8-11-1-2-12(13(7-11)15(17)18)14-5-3-10-4-6-19-9-10/h1-2,7-8,10,14H,3-6,9H2. The summed E-state index contributed by atoms with van der Waals surface area (Å²) < 4.78 is 5.28.